The van der Waals surface area contributed by atoms with E-state index < -0.39 is 0 Å². The summed E-state index contributed by atoms with van der Waals surface area (Å²) >= 11 is 0. The largest absolute Gasteiger partial charge is 0.246 e. The van der Waals surface area contributed by atoms with Crippen LogP contribution in [-0.2, 0) is 13.1 Å². The molecule has 0 aliphatic heterocycles. The number of halogens is 1. The maximum atomic E-state index is 12.8. The van der Waals surface area contributed by atoms with Crippen LogP contribution < -0.4 is 0 Å². The average molecular weight is 194 g/mol. The number of benzene rings is 1. The molecule has 1 aromatic carbocycles. The SMILES string of the molecule is CCc1c(C)c(C)c(CF)c(C)c1C. The predicted octanol–water partition coefficient (Wildman–Crippen LogP) is 3.95. The molecule has 1 aromatic rings. The Balaban J connectivity index is 3.55. The van der Waals surface area contributed by atoms with E-state index in [1.165, 1.54) is 16.7 Å². The summed E-state index contributed by atoms with van der Waals surface area (Å²) in [7, 11) is 0. The Kier molecular flexibility index (Phi) is 3.30. The van der Waals surface area contributed by atoms with Gasteiger partial charge >= 0.3 is 0 Å². The van der Waals surface area contributed by atoms with Crippen molar-refractivity contribution < 1.29 is 4.39 Å². The van der Waals surface area contributed by atoms with Crippen molar-refractivity contribution in [3.63, 3.8) is 0 Å². The molecule has 0 atom stereocenters. The van der Waals surface area contributed by atoms with Crippen LogP contribution in [0.1, 0.15) is 40.3 Å². The van der Waals surface area contributed by atoms with Gasteiger partial charge in [-0.2, -0.15) is 0 Å². The van der Waals surface area contributed by atoms with Crippen molar-refractivity contribution in [1.29, 1.82) is 0 Å². The smallest absolute Gasteiger partial charge is 0.115 e. The molecule has 0 aromatic heterocycles. The highest BCUT2D eigenvalue weighted by molar-refractivity contribution is 5.49. The first-order valence-electron chi connectivity index (χ1n) is 5.18. The van der Waals surface area contributed by atoms with Gasteiger partial charge in [-0.3, -0.25) is 0 Å². The lowest BCUT2D eigenvalue weighted by Gasteiger charge is -2.18. The van der Waals surface area contributed by atoms with E-state index in [2.05, 4.69) is 20.8 Å². The molecule has 0 amide bonds. The molecule has 0 heterocycles. The predicted molar refractivity (Wildman–Crippen MR) is 59.6 cm³/mol. The van der Waals surface area contributed by atoms with E-state index in [4.69, 9.17) is 0 Å². The fourth-order valence-corrected chi connectivity index (χ4v) is 2.20. The molecule has 0 aliphatic carbocycles. The molecule has 0 unspecified atom stereocenters. The molecule has 0 spiro atoms. The minimum Gasteiger partial charge on any atom is -0.246 e. The van der Waals surface area contributed by atoms with Crippen molar-refractivity contribution in [2.75, 3.05) is 0 Å². The lowest BCUT2D eigenvalue weighted by atomic mass is 9.88. The molecule has 0 bridgehead atoms. The maximum absolute atomic E-state index is 12.8. The zero-order chi connectivity index (χ0) is 10.9. The van der Waals surface area contributed by atoms with E-state index in [1.807, 2.05) is 13.8 Å². The van der Waals surface area contributed by atoms with Gasteiger partial charge in [0.2, 0.25) is 0 Å². The van der Waals surface area contributed by atoms with Gasteiger partial charge in [-0.1, -0.05) is 6.92 Å². The topological polar surface area (TPSA) is 0 Å². The van der Waals surface area contributed by atoms with E-state index in [9.17, 15) is 4.39 Å². The third-order valence-corrected chi connectivity index (χ3v) is 3.42. The van der Waals surface area contributed by atoms with E-state index in [0.717, 1.165) is 23.1 Å². The van der Waals surface area contributed by atoms with Crippen LogP contribution in [0.5, 0.6) is 0 Å². The Hall–Kier alpha value is -0.850. The number of hydrogen-bond acceptors (Lipinski definition) is 0. The highest BCUT2D eigenvalue weighted by Crippen LogP contribution is 2.27. The number of alkyl halides is 1. The Morgan fingerprint density at radius 2 is 1.14 bits per heavy atom. The minimum atomic E-state index is -0.344. The first-order chi connectivity index (χ1) is 6.54. The third-order valence-electron chi connectivity index (χ3n) is 3.42. The molecule has 0 saturated carbocycles. The molecule has 0 fully saturated rings. The van der Waals surface area contributed by atoms with Crippen LogP contribution >= 0.6 is 0 Å². The molecule has 0 N–H and O–H groups in total. The summed E-state index contributed by atoms with van der Waals surface area (Å²) in [6, 6.07) is 0. The highest BCUT2D eigenvalue weighted by atomic mass is 19.1. The summed E-state index contributed by atoms with van der Waals surface area (Å²) in [6.45, 7) is 10.1. The Bertz CT molecular complexity index is 287. The van der Waals surface area contributed by atoms with Crippen LogP contribution in [0.4, 0.5) is 4.39 Å². The summed E-state index contributed by atoms with van der Waals surface area (Å²) in [5.41, 5.74) is 7.07. The molecule has 0 aliphatic rings. The Morgan fingerprint density at radius 3 is 1.43 bits per heavy atom. The van der Waals surface area contributed by atoms with Gasteiger partial charge in [-0.25, -0.2) is 4.39 Å². The first kappa shape index (κ1) is 11.2. The molecule has 14 heavy (non-hydrogen) atoms. The Labute approximate surface area is 86.2 Å². The standard InChI is InChI=1S/C13H19F/c1-6-12-8(2)10(4)13(7-14)11(5)9(12)3/h6-7H2,1-5H3. The second kappa shape index (κ2) is 4.12. The van der Waals surface area contributed by atoms with Gasteiger partial charge in [0.15, 0.2) is 0 Å². The average Bonchev–Trinajstić information content (AvgIpc) is 2.17. The summed E-state index contributed by atoms with van der Waals surface area (Å²) in [6.07, 6.45) is 1.03. The van der Waals surface area contributed by atoms with Crippen LogP contribution in [0.3, 0.4) is 0 Å². The second-order valence-corrected chi connectivity index (χ2v) is 3.94. The van der Waals surface area contributed by atoms with Crippen LogP contribution in [0.2, 0.25) is 0 Å². The van der Waals surface area contributed by atoms with Crippen LogP contribution in [0.15, 0.2) is 0 Å². The van der Waals surface area contributed by atoms with Crippen LogP contribution in [0.25, 0.3) is 0 Å². The Morgan fingerprint density at radius 1 is 0.786 bits per heavy atom. The highest BCUT2D eigenvalue weighted by Gasteiger charge is 2.12. The van der Waals surface area contributed by atoms with Gasteiger partial charge < -0.3 is 0 Å². The zero-order valence-corrected chi connectivity index (χ0v) is 9.79. The molecular formula is C13H19F. The molecular weight excluding hydrogens is 175 g/mol. The summed E-state index contributed by atoms with van der Waals surface area (Å²) in [5, 5.41) is 0. The van der Waals surface area contributed by atoms with Crippen molar-refractivity contribution in [2.45, 2.75) is 47.7 Å². The fourth-order valence-electron chi connectivity index (χ4n) is 2.20. The maximum Gasteiger partial charge on any atom is 0.115 e. The zero-order valence-electron chi connectivity index (χ0n) is 9.79. The van der Waals surface area contributed by atoms with Gasteiger partial charge in [0.1, 0.15) is 6.67 Å². The second-order valence-electron chi connectivity index (χ2n) is 3.94. The monoisotopic (exact) mass is 194 g/mol. The van der Waals surface area contributed by atoms with Gasteiger partial charge in [-0.15, -0.1) is 0 Å². The van der Waals surface area contributed by atoms with Crippen molar-refractivity contribution in [1.82, 2.24) is 0 Å². The van der Waals surface area contributed by atoms with Crippen molar-refractivity contribution in [2.24, 2.45) is 0 Å². The fraction of sp³-hybridized carbons (Fsp3) is 0.538. The molecule has 1 rings (SSSR count). The molecule has 0 radical (unpaired) electrons. The summed E-state index contributed by atoms with van der Waals surface area (Å²) in [4.78, 5) is 0. The van der Waals surface area contributed by atoms with Crippen LogP contribution in [-0.4, -0.2) is 0 Å². The van der Waals surface area contributed by atoms with E-state index in [1.54, 1.807) is 0 Å². The molecule has 0 saturated heterocycles. The van der Waals surface area contributed by atoms with Crippen molar-refractivity contribution in [3.05, 3.63) is 33.4 Å². The number of hydrogen-bond donors (Lipinski definition) is 0. The third kappa shape index (κ3) is 1.56. The molecule has 1 heteroatoms. The number of rotatable bonds is 2. The minimum absolute atomic E-state index is 0.344. The van der Waals surface area contributed by atoms with Gasteiger partial charge in [0.25, 0.3) is 0 Å². The first-order valence-corrected chi connectivity index (χ1v) is 5.18. The molecule has 0 nitrogen and oxygen atoms in total. The molecule has 78 valence electrons. The van der Waals surface area contributed by atoms with E-state index in [-0.39, 0.29) is 6.67 Å². The van der Waals surface area contributed by atoms with Gasteiger partial charge in [-0.05, 0) is 67.5 Å². The lowest BCUT2D eigenvalue weighted by molar-refractivity contribution is 0.481. The van der Waals surface area contributed by atoms with Crippen molar-refractivity contribution in [3.8, 4) is 0 Å². The van der Waals surface area contributed by atoms with Gasteiger partial charge in [0, 0.05) is 0 Å². The summed E-state index contributed by atoms with van der Waals surface area (Å²) in [5.74, 6) is 0. The normalized spacial score (nSPS) is 10.7. The lowest BCUT2D eigenvalue weighted by Crippen LogP contribution is -2.03. The van der Waals surface area contributed by atoms with E-state index in [0.29, 0.717) is 0 Å². The van der Waals surface area contributed by atoms with Gasteiger partial charge in [0.05, 0.1) is 0 Å². The van der Waals surface area contributed by atoms with E-state index >= 15 is 0 Å². The quantitative estimate of drug-likeness (QED) is 0.668. The summed E-state index contributed by atoms with van der Waals surface area (Å²) < 4.78 is 12.8. The van der Waals surface area contributed by atoms with Crippen molar-refractivity contribution >= 4 is 0 Å². The van der Waals surface area contributed by atoms with Crippen LogP contribution in [0, 0.1) is 27.7 Å².